The highest BCUT2D eigenvalue weighted by Crippen LogP contribution is 2.19. The molecule has 0 aliphatic rings. The van der Waals surface area contributed by atoms with Gasteiger partial charge in [-0.15, -0.1) is 0 Å². The third-order valence-electron chi connectivity index (χ3n) is 2.96. The molecule has 108 valence electrons. The third kappa shape index (κ3) is 6.58. The second-order valence-electron chi connectivity index (χ2n) is 5.85. The van der Waals surface area contributed by atoms with E-state index in [0.717, 1.165) is 42.5 Å². The van der Waals surface area contributed by atoms with E-state index in [1.54, 1.807) is 0 Å². The van der Waals surface area contributed by atoms with Gasteiger partial charge in [-0.2, -0.15) is 0 Å². The van der Waals surface area contributed by atoms with Crippen LogP contribution in [0.3, 0.4) is 0 Å². The topological polar surface area (TPSA) is 34.1 Å². The van der Waals surface area contributed by atoms with Gasteiger partial charge in [-0.05, 0) is 25.7 Å². The van der Waals surface area contributed by atoms with E-state index in [4.69, 9.17) is 4.74 Å². The van der Waals surface area contributed by atoms with Crippen LogP contribution in [-0.2, 0) is 6.54 Å². The third-order valence-corrected chi connectivity index (χ3v) is 2.96. The van der Waals surface area contributed by atoms with E-state index < -0.39 is 0 Å². The van der Waals surface area contributed by atoms with E-state index in [0.29, 0.717) is 6.04 Å². The van der Waals surface area contributed by atoms with Gasteiger partial charge in [0.25, 0.3) is 0 Å². The number of aromatic nitrogens is 1. The molecule has 0 radical (unpaired) electrons. The quantitative estimate of drug-likeness (QED) is 0.727. The first-order chi connectivity index (χ1) is 8.99. The molecule has 0 amide bonds. The number of nitrogens with zero attached hydrogens (tertiary/aromatic N) is 1. The van der Waals surface area contributed by atoms with Crippen molar-refractivity contribution in [3.8, 4) is 5.75 Å². The molecule has 0 aliphatic carbocycles. The maximum absolute atomic E-state index is 5.92. The van der Waals surface area contributed by atoms with Crippen molar-refractivity contribution in [3.05, 3.63) is 23.5 Å². The Morgan fingerprint density at radius 2 is 2.00 bits per heavy atom. The SMILES string of the molecule is Cc1cc(OCCCC(C)C)c(CNC(C)C)cn1. The molecule has 1 rings (SSSR count). The molecule has 0 atom stereocenters. The van der Waals surface area contributed by atoms with Crippen molar-refractivity contribution in [2.45, 2.75) is 60.0 Å². The molecule has 0 aromatic carbocycles. The summed E-state index contributed by atoms with van der Waals surface area (Å²) in [4.78, 5) is 4.35. The van der Waals surface area contributed by atoms with Gasteiger partial charge in [0.1, 0.15) is 5.75 Å². The average Bonchev–Trinajstić information content (AvgIpc) is 2.33. The van der Waals surface area contributed by atoms with Gasteiger partial charge in [0.05, 0.1) is 6.61 Å². The van der Waals surface area contributed by atoms with Crippen molar-refractivity contribution in [1.82, 2.24) is 10.3 Å². The highest BCUT2D eigenvalue weighted by Gasteiger charge is 2.06. The zero-order valence-electron chi connectivity index (χ0n) is 13.0. The Kier molecular flexibility index (Phi) is 6.85. The lowest BCUT2D eigenvalue weighted by Gasteiger charge is -2.14. The van der Waals surface area contributed by atoms with Gasteiger partial charge >= 0.3 is 0 Å². The molecular formula is C16H28N2O. The molecule has 0 fully saturated rings. The predicted molar refractivity (Wildman–Crippen MR) is 80.5 cm³/mol. The number of aryl methyl sites for hydroxylation is 1. The van der Waals surface area contributed by atoms with Crippen molar-refractivity contribution in [1.29, 1.82) is 0 Å². The van der Waals surface area contributed by atoms with Crippen molar-refractivity contribution in [2.75, 3.05) is 6.61 Å². The fraction of sp³-hybridized carbons (Fsp3) is 0.688. The minimum Gasteiger partial charge on any atom is -0.493 e. The van der Waals surface area contributed by atoms with E-state index in [1.165, 1.54) is 6.42 Å². The predicted octanol–water partition coefficient (Wildman–Crippen LogP) is 3.70. The van der Waals surface area contributed by atoms with Crippen LogP contribution >= 0.6 is 0 Å². The summed E-state index contributed by atoms with van der Waals surface area (Å²) < 4.78 is 5.92. The zero-order valence-corrected chi connectivity index (χ0v) is 13.0. The van der Waals surface area contributed by atoms with E-state index in [1.807, 2.05) is 19.2 Å². The molecule has 0 aliphatic heterocycles. The summed E-state index contributed by atoms with van der Waals surface area (Å²) in [5, 5.41) is 3.41. The van der Waals surface area contributed by atoms with Crippen LogP contribution < -0.4 is 10.1 Å². The molecule has 0 spiro atoms. The lowest BCUT2D eigenvalue weighted by molar-refractivity contribution is 0.293. The summed E-state index contributed by atoms with van der Waals surface area (Å²) in [6, 6.07) is 2.50. The Bertz CT molecular complexity index is 375. The summed E-state index contributed by atoms with van der Waals surface area (Å²) in [7, 11) is 0. The number of hydrogen-bond acceptors (Lipinski definition) is 3. The maximum Gasteiger partial charge on any atom is 0.127 e. The standard InChI is InChI=1S/C16H28N2O/c1-12(2)7-6-8-19-16-9-14(5)18-11-15(16)10-17-13(3)4/h9,11-13,17H,6-8,10H2,1-5H3. The van der Waals surface area contributed by atoms with E-state index in [-0.39, 0.29) is 0 Å². The van der Waals surface area contributed by atoms with Gasteiger partial charge in [-0.1, -0.05) is 27.7 Å². The maximum atomic E-state index is 5.92. The van der Waals surface area contributed by atoms with Crippen molar-refractivity contribution in [2.24, 2.45) is 5.92 Å². The van der Waals surface area contributed by atoms with Crippen molar-refractivity contribution in [3.63, 3.8) is 0 Å². The second kappa shape index (κ2) is 8.16. The molecule has 0 saturated heterocycles. The molecule has 0 saturated carbocycles. The van der Waals surface area contributed by atoms with Crippen LogP contribution in [0.25, 0.3) is 0 Å². The summed E-state index contributed by atoms with van der Waals surface area (Å²) in [5.41, 5.74) is 2.15. The lowest BCUT2D eigenvalue weighted by Crippen LogP contribution is -2.22. The molecule has 3 nitrogen and oxygen atoms in total. The molecular weight excluding hydrogens is 236 g/mol. The van der Waals surface area contributed by atoms with Gasteiger partial charge in [-0.3, -0.25) is 4.98 Å². The average molecular weight is 264 g/mol. The monoisotopic (exact) mass is 264 g/mol. The van der Waals surface area contributed by atoms with E-state index in [9.17, 15) is 0 Å². The Morgan fingerprint density at radius 3 is 2.63 bits per heavy atom. The minimum absolute atomic E-state index is 0.468. The number of nitrogens with one attached hydrogen (secondary N) is 1. The van der Waals surface area contributed by atoms with Gasteiger partial charge < -0.3 is 10.1 Å². The normalized spacial score (nSPS) is 11.3. The second-order valence-corrected chi connectivity index (χ2v) is 5.85. The van der Waals surface area contributed by atoms with Crippen LogP contribution in [0.2, 0.25) is 0 Å². The van der Waals surface area contributed by atoms with Gasteiger partial charge in [0.15, 0.2) is 0 Å². The summed E-state index contributed by atoms with van der Waals surface area (Å²) in [6.45, 7) is 12.4. The molecule has 1 heterocycles. The van der Waals surface area contributed by atoms with Crippen molar-refractivity contribution < 1.29 is 4.74 Å². The summed E-state index contributed by atoms with van der Waals surface area (Å²) >= 11 is 0. The number of ether oxygens (including phenoxy) is 1. The molecule has 1 aromatic rings. The molecule has 0 bridgehead atoms. The Morgan fingerprint density at radius 1 is 1.26 bits per heavy atom. The highest BCUT2D eigenvalue weighted by molar-refractivity contribution is 5.32. The lowest BCUT2D eigenvalue weighted by atomic mass is 10.1. The van der Waals surface area contributed by atoms with Gasteiger partial charge in [0, 0.05) is 36.1 Å². The Labute approximate surface area is 117 Å². The Balaban J connectivity index is 2.55. The summed E-state index contributed by atoms with van der Waals surface area (Å²) in [5.74, 6) is 1.72. The van der Waals surface area contributed by atoms with Crippen LogP contribution in [0, 0.1) is 12.8 Å². The Hall–Kier alpha value is -1.09. The molecule has 1 N–H and O–H groups in total. The number of rotatable bonds is 8. The molecule has 3 heteroatoms. The van der Waals surface area contributed by atoms with Crippen molar-refractivity contribution >= 4 is 0 Å². The number of hydrogen-bond donors (Lipinski definition) is 1. The first-order valence-electron chi connectivity index (χ1n) is 7.30. The van der Waals surface area contributed by atoms with Crippen LogP contribution in [0.15, 0.2) is 12.3 Å². The zero-order chi connectivity index (χ0) is 14.3. The fourth-order valence-corrected chi connectivity index (χ4v) is 1.82. The van der Waals surface area contributed by atoms with Crippen LogP contribution in [0.1, 0.15) is 51.8 Å². The minimum atomic E-state index is 0.468. The number of pyridine rings is 1. The van der Waals surface area contributed by atoms with Crippen LogP contribution in [0.4, 0.5) is 0 Å². The first-order valence-corrected chi connectivity index (χ1v) is 7.30. The summed E-state index contributed by atoms with van der Waals surface area (Å²) in [6.07, 6.45) is 4.24. The molecule has 19 heavy (non-hydrogen) atoms. The van der Waals surface area contributed by atoms with Crippen LogP contribution in [0.5, 0.6) is 5.75 Å². The largest absolute Gasteiger partial charge is 0.493 e. The fourth-order valence-electron chi connectivity index (χ4n) is 1.82. The van der Waals surface area contributed by atoms with Gasteiger partial charge in [0.2, 0.25) is 0 Å². The van der Waals surface area contributed by atoms with Crippen LogP contribution in [-0.4, -0.2) is 17.6 Å². The van der Waals surface area contributed by atoms with E-state index >= 15 is 0 Å². The highest BCUT2D eigenvalue weighted by atomic mass is 16.5. The van der Waals surface area contributed by atoms with Gasteiger partial charge in [-0.25, -0.2) is 0 Å². The smallest absolute Gasteiger partial charge is 0.127 e. The molecule has 1 aromatic heterocycles. The first kappa shape index (κ1) is 16.0. The molecule has 0 unspecified atom stereocenters. The van der Waals surface area contributed by atoms with E-state index in [2.05, 4.69) is 38.0 Å².